The van der Waals surface area contributed by atoms with E-state index in [1.165, 1.54) is 12.1 Å². The number of nitrogens with two attached hydrogens (primary N) is 1. The number of halogens is 1. The first kappa shape index (κ1) is 13.7. The Kier molecular flexibility index (Phi) is 4.27. The van der Waals surface area contributed by atoms with Crippen LogP contribution in [0.3, 0.4) is 0 Å². The number of aryl methyl sites for hydroxylation is 1. The van der Waals surface area contributed by atoms with Gasteiger partial charge in [0.2, 0.25) is 11.7 Å². The molecule has 0 aliphatic carbocycles. The number of nitrogens with zero attached hydrogens (tertiary/aromatic N) is 2. The largest absolute Gasteiger partial charge is 0.339 e. The Balaban J connectivity index is 2.20. The van der Waals surface area contributed by atoms with E-state index in [0.29, 0.717) is 30.6 Å². The highest BCUT2D eigenvalue weighted by molar-refractivity contribution is 5.59. The third kappa shape index (κ3) is 3.17. The van der Waals surface area contributed by atoms with E-state index in [0.717, 1.165) is 17.5 Å². The summed E-state index contributed by atoms with van der Waals surface area (Å²) in [5.41, 5.74) is 7.24. The van der Waals surface area contributed by atoms with Gasteiger partial charge in [-0.15, -0.1) is 0 Å². The van der Waals surface area contributed by atoms with Crippen LogP contribution in [0, 0.1) is 18.7 Å². The zero-order chi connectivity index (χ0) is 13.8. The average Bonchev–Trinajstić information content (AvgIpc) is 2.84. The second-order valence-electron chi connectivity index (χ2n) is 4.69. The van der Waals surface area contributed by atoms with E-state index in [-0.39, 0.29) is 5.82 Å². The van der Waals surface area contributed by atoms with Crippen LogP contribution < -0.4 is 5.73 Å². The molecule has 19 heavy (non-hydrogen) atoms. The van der Waals surface area contributed by atoms with Gasteiger partial charge in [-0.1, -0.05) is 18.5 Å². The van der Waals surface area contributed by atoms with Crippen LogP contribution in [0.4, 0.5) is 4.39 Å². The van der Waals surface area contributed by atoms with E-state index in [9.17, 15) is 4.39 Å². The number of rotatable bonds is 5. The summed E-state index contributed by atoms with van der Waals surface area (Å²) in [5.74, 6) is 1.16. The van der Waals surface area contributed by atoms with Crippen molar-refractivity contribution in [1.29, 1.82) is 0 Å². The predicted octanol–water partition coefficient (Wildman–Crippen LogP) is 2.71. The van der Waals surface area contributed by atoms with Crippen LogP contribution in [-0.4, -0.2) is 16.7 Å². The smallest absolute Gasteiger partial charge is 0.227 e. The first-order valence-corrected chi connectivity index (χ1v) is 6.43. The molecule has 1 aromatic heterocycles. The third-order valence-electron chi connectivity index (χ3n) is 3.27. The van der Waals surface area contributed by atoms with E-state index in [1.807, 2.05) is 6.92 Å². The molecular weight excluding hydrogens is 245 g/mol. The Bertz CT molecular complexity index is 549. The summed E-state index contributed by atoms with van der Waals surface area (Å²) in [6.07, 6.45) is 1.66. The lowest BCUT2D eigenvalue weighted by molar-refractivity contribution is 0.350. The van der Waals surface area contributed by atoms with E-state index in [4.69, 9.17) is 10.3 Å². The fraction of sp³-hybridized carbons (Fsp3) is 0.429. The molecule has 1 heterocycles. The highest BCUT2D eigenvalue weighted by Gasteiger charge is 2.14. The van der Waals surface area contributed by atoms with Gasteiger partial charge >= 0.3 is 0 Å². The van der Waals surface area contributed by atoms with E-state index >= 15 is 0 Å². The third-order valence-corrected chi connectivity index (χ3v) is 3.27. The molecule has 0 saturated carbocycles. The minimum Gasteiger partial charge on any atom is -0.339 e. The number of hydrogen-bond acceptors (Lipinski definition) is 4. The molecule has 1 unspecified atom stereocenters. The molecule has 2 rings (SSSR count). The highest BCUT2D eigenvalue weighted by Crippen LogP contribution is 2.22. The van der Waals surface area contributed by atoms with Crippen molar-refractivity contribution in [2.24, 2.45) is 11.7 Å². The fourth-order valence-electron chi connectivity index (χ4n) is 1.97. The fourth-order valence-corrected chi connectivity index (χ4v) is 1.97. The first-order valence-electron chi connectivity index (χ1n) is 6.43. The van der Waals surface area contributed by atoms with E-state index < -0.39 is 0 Å². The summed E-state index contributed by atoms with van der Waals surface area (Å²) in [5, 5.41) is 3.95. The van der Waals surface area contributed by atoms with Gasteiger partial charge in [-0.2, -0.15) is 4.98 Å². The molecule has 2 N–H and O–H groups in total. The summed E-state index contributed by atoms with van der Waals surface area (Å²) in [6, 6.07) is 4.52. The summed E-state index contributed by atoms with van der Waals surface area (Å²) in [7, 11) is 0. The Hall–Kier alpha value is -1.75. The van der Waals surface area contributed by atoms with Gasteiger partial charge in [0.25, 0.3) is 0 Å². The van der Waals surface area contributed by atoms with Crippen LogP contribution in [0.5, 0.6) is 0 Å². The zero-order valence-corrected chi connectivity index (χ0v) is 11.2. The van der Waals surface area contributed by atoms with Crippen molar-refractivity contribution in [3.8, 4) is 11.4 Å². The minimum atomic E-state index is -0.265. The Morgan fingerprint density at radius 1 is 1.42 bits per heavy atom. The lowest BCUT2D eigenvalue weighted by Crippen LogP contribution is -2.15. The number of hydrogen-bond donors (Lipinski definition) is 1. The normalized spacial score (nSPS) is 12.6. The number of aromatic nitrogens is 2. The number of benzene rings is 1. The van der Waals surface area contributed by atoms with Crippen LogP contribution in [0.15, 0.2) is 22.7 Å². The lowest BCUT2D eigenvalue weighted by atomic mass is 10.0. The van der Waals surface area contributed by atoms with Crippen molar-refractivity contribution in [1.82, 2.24) is 10.1 Å². The topological polar surface area (TPSA) is 64.9 Å². The van der Waals surface area contributed by atoms with Crippen LogP contribution >= 0.6 is 0 Å². The molecule has 0 fully saturated rings. The van der Waals surface area contributed by atoms with Crippen LogP contribution in [0.1, 0.15) is 24.8 Å². The van der Waals surface area contributed by atoms with Gasteiger partial charge in [0, 0.05) is 12.0 Å². The molecule has 0 spiro atoms. The molecule has 5 heteroatoms. The SMILES string of the molecule is CCC(CN)Cc1nc(-c2ccc(F)cc2C)no1. The molecule has 0 saturated heterocycles. The van der Waals surface area contributed by atoms with Gasteiger partial charge in [-0.25, -0.2) is 4.39 Å². The average molecular weight is 263 g/mol. The Labute approximate surface area is 111 Å². The molecule has 0 amide bonds. The van der Waals surface area contributed by atoms with E-state index in [1.54, 1.807) is 6.07 Å². The zero-order valence-electron chi connectivity index (χ0n) is 11.2. The van der Waals surface area contributed by atoms with Gasteiger partial charge < -0.3 is 10.3 Å². The molecular formula is C14H18FN3O. The first-order chi connectivity index (χ1) is 9.13. The Morgan fingerprint density at radius 3 is 2.84 bits per heavy atom. The lowest BCUT2D eigenvalue weighted by Gasteiger charge is -2.07. The summed E-state index contributed by atoms with van der Waals surface area (Å²) in [4.78, 5) is 4.35. The van der Waals surface area contributed by atoms with Crippen LogP contribution in [0.25, 0.3) is 11.4 Å². The van der Waals surface area contributed by atoms with E-state index in [2.05, 4.69) is 17.1 Å². The molecule has 0 bridgehead atoms. The van der Waals surface area contributed by atoms with Crippen molar-refractivity contribution >= 4 is 0 Å². The van der Waals surface area contributed by atoms with Crippen LogP contribution in [-0.2, 0) is 6.42 Å². The van der Waals surface area contributed by atoms with Crippen molar-refractivity contribution < 1.29 is 8.91 Å². The van der Waals surface area contributed by atoms with Gasteiger partial charge in [0.05, 0.1) is 0 Å². The monoisotopic (exact) mass is 263 g/mol. The molecule has 1 atom stereocenters. The van der Waals surface area contributed by atoms with Gasteiger partial charge in [-0.05, 0) is 43.1 Å². The maximum Gasteiger partial charge on any atom is 0.227 e. The summed E-state index contributed by atoms with van der Waals surface area (Å²) in [6.45, 7) is 4.51. The van der Waals surface area contributed by atoms with Crippen LogP contribution in [0.2, 0.25) is 0 Å². The minimum absolute atomic E-state index is 0.265. The molecule has 0 aliphatic rings. The van der Waals surface area contributed by atoms with Gasteiger partial charge in [0.1, 0.15) is 5.82 Å². The van der Waals surface area contributed by atoms with Crippen molar-refractivity contribution in [2.75, 3.05) is 6.54 Å². The maximum atomic E-state index is 13.1. The Morgan fingerprint density at radius 2 is 2.21 bits per heavy atom. The second kappa shape index (κ2) is 5.93. The van der Waals surface area contributed by atoms with Gasteiger partial charge in [0.15, 0.2) is 0 Å². The van der Waals surface area contributed by atoms with Crippen molar-refractivity contribution in [3.63, 3.8) is 0 Å². The quantitative estimate of drug-likeness (QED) is 0.900. The van der Waals surface area contributed by atoms with Crippen molar-refractivity contribution in [2.45, 2.75) is 26.7 Å². The molecule has 1 aromatic carbocycles. The summed E-state index contributed by atoms with van der Waals surface area (Å²) >= 11 is 0. The highest BCUT2D eigenvalue weighted by atomic mass is 19.1. The molecule has 2 aromatic rings. The molecule has 4 nitrogen and oxygen atoms in total. The maximum absolute atomic E-state index is 13.1. The van der Waals surface area contributed by atoms with Gasteiger partial charge in [-0.3, -0.25) is 0 Å². The summed E-state index contributed by atoms with van der Waals surface area (Å²) < 4.78 is 18.3. The molecule has 0 aliphatic heterocycles. The van der Waals surface area contributed by atoms with Crippen molar-refractivity contribution in [3.05, 3.63) is 35.5 Å². The second-order valence-corrected chi connectivity index (χ2v) is 4.69. The predicted molar refractivity (Wildman–Crippen MR) is 71.0 cm³/mol. The molecule has 102 valence electrons. The standard InChI is InChI=1S/C14H18FN3O/c1-3-10(8-16)7-13-17-14(18-19-13)12-5-4-11(15)6-9(12)2/h4-6,10H,3,7-8,16H2,1-2H3. The molecule has 0 radical (unpaired) electrons.